The lowest BCUT2D eigenvalue weighted by molar-refractivity contribution is 0.953. The van der Waals surface area contributed by atoms with Gasteiger partial charge in [-0.15, -0.1) is 0 Å². The van der Waals surface area contributed by atoms with Crippen LogP contribution in [0, 0.1) is 13.8 Å². The first kappa shape index (κ1) is 26.3. The van der Waals surface area contributed by atoms with E-state index < -0.39 is 0 Å². The van der Waals surface area contributed by atoms with Crippen LogP contribution >= 0.6 is 0 Å². The van der Waals surface area contributed by atoms with Gasteiger partial charge in [-0.05, 0) is 38.1 Å². The third kappa shape index (κ3) is 4.06. The molecular weight excluding hydrogens is 562 g/mol. The van der Waals surface area contributed by atoms with Crippen LogP contribution in [0.15, 0.2) is 140 Å². The van der Waals surface area contributed by atoms with Crippen molar-refractivity contribution in [2.75, 3.05) is 0 Å². The number of benzene rings is 6. The summed E-state index contributed by atoms with van der Waals surface area (Å²) in [5.41, 5.74) is 9.78. The van der Waals surface area contributed by atoms with Gasteiger partial charge in [-0.3, -0.25) is 4.57 Å². The maximum atomic E-state index is 5.21. The van der Waals surface area contributed by atoms with Gasteiger partial charge < -0.3 is 4.57 Å². The summed E-state index contributed by atoms with van der Waals surface area (Å²) in [4.78, 5) is 15.5. The van der Waals surface area contributed by atoms with Crippen molar-refractivity contribution in [3.63, 3.8) is 0 Å². The molecule has 0 fully saturated rings. The highest BCUT2D eigenvalue weighted by Crippen LogP contribution is 2.41. The zero-order valence-electron chi connectivity index (χ0n) is 25.5. The van der Waals surface area contributed by atoms with Gasteiger partial charge >= 0.3 is 0 Å². The number of para-hydroxylation sites is 3. The third-order valence-corrected chi connectivity index (χ3v) is 8.93. The number of aryl methyl sites for hydroxylation is 2. The highest BCUT2D eigenvalue weighted by atomic mass is 15.2. The van der Waals surface area contributed by atoms with Crippen molar-refractivity contribution in [3.05, 3.63) is 151 Å². The Kier molecular flexibility index (Phi) is 5.87. The molecule has 0 saturated heterocycles. The molecule has 0 unspecified atom stereocenters. The molecule has 0 aliphatic carbocycles. The fraction of sp³-hybridized carbons (Fsp3) is 0.0488. The Balaban J connectivity index is 1.46. The van der Waals surface area contributed by atoms with Crippen molar-refractivity contribution in [1.82, 2.24) is 24.1 Å². The number of hydrogen-bond donors (Lipinski definition) is 0. The molecule has 3 aromatic heterocycles. The molecule has 0 aliphatic heterocycles. The molecular formula is C41H29N5. The normalized spacial score (nSPS) is 11.7. The van der Waals surface area contributed by atoms with Crippen molar-refractivity contribution in [3.8, 4) is 34.4 Å². The van der Waals surface area contributed by atoms with Crippen LogP contribution in [0.4, 0.5) is 0 Å². The molecule has 6 aromatic carbocycles. The molecule has 0 saturated carbocycles. The average molecular weight is 592 g/mol. The zero-order chi connectivity index (χ0) is 30.8. The van der Waals surface area contributed by atoms with E-state index >= 15 is 0 Å². The van der Waals surface area contributed by atoms with E-state index in [2.05, 4.69) is 163 Å². The summed E-state index contributed by atoms with van der Waals surface area (Å²) < 4.78 is 4.62. The molecule has 5 heteroatoms. The van der Waals surface area contributed by atoms with Crippen LogP contribution in [0.1, 0.15) is 11.1 Å². The Labute approximate surface area is 266 Å². The molecule has 0 atom stereocenters. The van der Waals surface area contributed by atoms with Crippen molar-refractivity contribution in [1.29, 1.82) is 0 Å². The van der Waals surface area contributed by atoms with Crippen LogP contribution in [-0.4, -0.2) is 24.1 Å². The summed E-state index contributed by atoms with van der Waals surface area (Å²) in [5, 5.41) is 4.69. The minimum Gasteiger partial charge on any atom is -0.307 e. The predicted octanol–water partition coefficient (Wildman–Crippen LogP) is 10.0. The van der Waals surface area contributed by atoms with Crippen molar-refractivity contribution in [2.24, 2.45) is 0 Å². The van der Waals surface area contributed by atoms with E-state index in [9.17, 15) is 0 Å². The second-order valence-electron chi connectivity index (χ2n) is 11.9. The van der Waals surface area contributed by atoms with E-state index in [1.54, 1.807) is 0 Å². The third-order valence-electron chi connectivity index (χ3n) is 8.93. The molecule has 0 radical (unpaired) electrons. The quantitative estimate of drug-likeness (QED) is 0.205. The van der Waals surface area contributed by atoms with Crippen LogP contribution in [0.25, 0.3) is 78.0 Å². The van der Waals surface area contributed by atoms with Crippen LogP contribution < -0.4 is 0 Å². The van der Waals surface area contributed by atoms with E-state index in [1.807, 2.05) is 0 Å². The second-order valence-corrected chi connectivity index (χ2v) is 11.9. The smallest absolute Gasteiger partial charge is 0.238 e. The van der Waals surface area contributed by atoms with Gasteiger partial charge in [-0.1, -0.05) is 126 Å². The highest BCUT2D eigenvalue weighted by molar-refractivity contribution is 6.23. The first-order valence-corrected chi connectivity index (χ1v) is 15.6. The molecule has 5 nitrogen and oxygen atoms in total. The van der Waals surface area contributed by atoms with E-state index in [0.717, 1.165) is 49.7 Å². The largest absolute Gasteiger partial charge is 0.307 e. The topological polar surface area (TPSA) is 48.5 Å². The number of rotatable bonds is 4. The molecule has 3 heterocycles. The molecule has 0 N–H and O–H groups in total. The summed E-state index contributed by atoms with van der Waals surface area (Å²) in [6.45, 7) is 4.19. The van der Waals surface area contributed by atoms with E-state index in [0.29, 0.717) is 17.6 Å². The maximum absolute atomic E-state index is 5.21. The van der Waals surface area contributed by atoms with E-state index in [-0.39, 0.29) is 0 Å². The van der Waals surface area contributed by atoms with Crippen LogP contribution in [-0.2, 0) is 0 Å². The summed E-state index contributed by atoms with van der Waals surface area (Å²) in [5.74, 6) is 1.87. The lowest BCUT2D eigenvalue weighted by Gasteiger charge is -2.13. The highest BCUT2D eigenvalue weighted by Gasteiger charge is 2.23. The minimum atomic E-state index is 0.588. The van der Waals surface area contributed by atoms with E-state index in [1.165, 1.54) is 21.9 Å². The van der Waals surface area contributed by atoms with E-state index in [4.69, 9.17) is 15.0 Å². The summed E-state index contributed by atoms with van der Waals surface area (Å²) in [6, 6.07) is 49.1. The summed E-state index contributed by atoms with van der Waals surface area (Å²) >= 11 is 0. The van der Waals surface area contributed by atoms with Crippen molar-refractivity contribution < 1.29 is 0 Å². The number of fused-ring (bicyclic) bond motifs is 7. The molecule has 0 bridgehead atoms. The summed E-state index contributed by atoms with van der Waals surface area (Å²) in [7, 11) is 0. The SMILES string of the molecule is Cc1ccc(-c2nc(-c3ccc(C)cc3)nc(-n3c4ccccc4c4ccc5c6ccccc6n(-c6ccccc6)c5c43)n2)cc1. The Hall–Kier alpha value is -6.07. The van der Waals surface area contributed by atoms with Gasteiger partial charge in [0.2, 0.25) is 5.95 Å². The first-order valence-electron chi connectivity index (χ1n) is 15.6. The fourth-order valence-corrected chi connectivity index (χ4v) is 6.68. The Morgan fingerprint density at radius 2 is 0.848 bits per heavy atom. The maximum Gasteiger partial charge on any atom is 0.238 e. The Morgan fingerprint density at radius 3 is 1.39 bits per heavy atom. The Bertz CT molecular complexity index is 2510. The standard InChI is InChI=1S/C41H29N5/c1-26-16-20-28(21-17-26)39-42-40(29-22-18-27(2)19-23-29)44-41(43-39)46-36-15-9-7-13-32(36)34-25-24-33-31-12-6-8-14-35(31)45(37(33)38(34)46)30-10-4-3-5-11-30/h3-25H,1-2H3. The second kappa shape index (κ2) is 10.2. The molecule has 0 amide bonds. The van der Waals surface area contributed by atoms with Gasteiger partial charge in [0.05, 0.1) is 22.1 Å². The number of hydrogen-bond acceptors (Lipinski definition) is 3. The lowest BCUT2D eigenvalue weighted by atomic mass is 10.1. The zero-order valence-corrected chi connectivity index (χ0v) is 25.5. The molecule has 46 heavy (non-hydrogen) atoms. The van der Waals surface area contributed by atoms with Gasteiger partial charge in [0.15, 0.2) is 11.6 Å². The van der Waals surface area contributed by atoms with Crippen LogP contribution in [0.3, 0.4) is 0 Å². The monoisotopic (exact) mass is 591 g/mol. The van der Waals surface area contributed by atoms with Crippen molar-refractivity contribution in [2.45, 2.75) is 13.8 Å². The van der Waals surface area contributed by atoms with Gasteiger partial charge in [-0.2, -0.15) is 9.97 Å². The molecule has 9 rings (SSSR count). The van der Waals surface area contributed by atoms with Gasteiger partial charge in [0, 0.05) is 38.4 Å². The summed E-state index contributed by atoms with van der Waals surface area (Å²) in [6.07, 6.45) is 0. The van der Waals surface area contributed by atoms with Crippen LogP contribution in [0.2, 0.25) is 0 Å². The fourth-order valence-electron chi connectivity index (χ4n) is 6.68. The van der Waals surface area contributed by atoms with Gasteiger partial charge in [0.1, 0.15) is 0 Å². The van der Waals surface area contributed by atoms with Crippen molar-refractivity contribution >= 4 is 43.6 Å². The molecule has 9 aromatic rings. The average Bonchev–Trinajstić information content (AvgIpc) is 3.62. The van der Waals surface area contributed by atoms with Crippen LogP contribution in [0.5, 0.6) is 0 Å². The van der Waals surface area contributed by atoms with Gasteiger partial charge in [0.25, 0.3) is 0 Å². The number of aromatic nitrogens is 5. The number of nitrogens with zero attached hydrogens (tertiary/aromatic N) is 5. The predicted molar refractivity (Wildman–Crippen MR) is 189 cm³/mol. The Morgan fingerprint density at radius 1 is 0.391 bits per heavy atom. The first-order chi connectivity index (χ1) is 22.6. The molecule has 0 aliphatic rings. The van der Waals surface area contributed by atoms with Gasteiger partial charge in [-0.25, -0.2) is 4.98 Å². The lowest BCUT2D eigenvalue weighted by Crippen LogP contribution is -2.07. The molecule has 0 spiro atoms. The minimum absolute atomic E-state index is 0.588. The molecule has 218 valence electrons.